The number of carbonyl (C=O) groups is 1. The van der Waals surface area contributed by atoms with Gasteiger partial charge in [-0.3, -0.25) is 9.36 Å². The van der Waals surface area contributed by atoms with Crippen LogP contribution < -0.4 is 0 Å². The standard InChI is InChI=1S/C17H27O6P/c1-4-22-24(19,23-5-2)15-13-7-6-9-17(20-11-12-21-17)16(13,3)10-8-14(15)18/h8,10,13,15H,4-7,9,11-12H2,1-3H3/t13-,15?,16+/m1/s1. The number of carbonyl (C=O) groups excluding carboxylic acids is 1. The fourth-order valence-electron chi connectivity index (χ4n) is 4.54. The molecule has 1 saturated carbocycles. The van der Waals surface area contributed by atoms with Crippen molar-refractivity contribution in [3.8, 4) is 0 Å². The highest BCUT2D eigenvalue weighted by molar-refractivity contribution is 7.55. The molecule has 3 atom stereocenters. The number of hydrogen-bond donors (Lipinski definition) is 0. The van der Waals surface area contributed by atoms with E-state index in [0.29, 0.717) is 13.2 Å². The Hall–Kier alpha value is -0.520. The summed E-state index contributed by atoms with van der Waals surface area (Å²) in [4.78, 5) is 12.7. The quantitative estimate of drug-likeness (QED) is 0.702. The van der Waals surface area contributed by atoms with Gasteiger partial charge >= 0.3 is 7.60 Å². The topological polar surface area (TPSA) is 71.1 Å². The summed E-state index contributed by atoms with van der Waals surface area (Å²) in [5.74, 6) is -1.11. The molecule has 7 heteroatoms. The Bertz CT molecular complexity index is 557. The molecule has 3 aliphatic rings. The second-order valence-corrected chi connectivity index (χ2v) is 8.94. The van der Waals surface area contributed by atoms with Gasteiger partial charge < -0.3 is 18.5 Å². The maximum Gasteiger partial charge on any atom is 0.341 e. The first-order valence-corrected chi connectivity index (χ1v) is 10.4. The van der Waals surface area contributed by atoms with Crippen LogP contribution in [0.25, 0.3) is 0 Å². The van der Waals surface area contributed by atoms with E-state index >= 15 is 0 Å². The maximum absolute atomic E-state index is 13.4. The molecule has 0 radical (unpaired) electrons. The molecule has 0 aromatic rings. The van der Waals surface area contributed by atoms with Gasteiger partial charge in [-0.05, 0) is 38.7 Å². The molecule has 0 aromatic heterocycles. The second kappa shape index (κ2) is 6.65. The predicted octanol–water partition coefficient (Wildman–Crippen LogP) is 3.31. The molecule has 0 aromatic carbocycles. The van der Waals surface area contributed by atoms with Crippen molar-refractivity contribution in [3.05, 3.63) is 12.2 Å². The van der Waals surface area contributed by atoms with Crippen molar-refractivity contribution < 1.29 is 27.9 Å². The van der Waals surface area contributed by atoms with Crippen molar-refractivity contribution >= 4 is 13.4 Å². The first-order chi connectivity index (χ1) is 11.4. The zero-order chi connectivity index (χ0) is 17.4. The first kappa shape index (κ1) is 18.3. The molecule has 1 unspecified atom stereocenters. The first-order valence-electron chi connectivity index (χ1n) is 8.82. The van der Waals surface area contributed by atoms with Gasteiger partial charge in [-0.2, -0.15) is 0 Å². The third-order valence-electron chi connectivity index (χ3n) is 5.59. The molecule has 1 saturated heterocycles. The summed E-state index contributed by atoms with van der Waals surface area (Å²) >= 11 is 0. The molecule has 0 N–H and O–H groups in total. The van der Waals surface area contributed by atoms with Crippen molar-refractivity contribution in [3.63, 3.8) is 0 Å². The molecule has 1 spiro atoms. The van der Waals surface area contributed by atoms with Crippen molar-refractivity contribution in [1.82, 2.24) is 0 Å². The summed E-state index contributed by atoms with van der Waals surface area (Å²) in [6.07, 6.45) is 5.82. The molecule has 6 nitrogen and oxygen atoms in total. The van der Waals surface area contributed by atoms with E-state index in [-0.39, 0.29) is 24.9 Å². The van der Waals surface area contributed by atoms with E-state index in [1.807, 2.05) is 13.0 Å². The molecular formula is C17H27O6P. The van der Waals surface area contributed by atoms with Crippen LogP contribution in [0.5, 0.6) is 0 Å². The molecular weight excluding hydrogens is 331 g/mol. The molecule has 3 rings (SSSR count). The van der Waals surface area contributed by atoms with Gasteiger partial charge in [0.25, 0.3) is 0 Å². The van der Waals surface area contributed by atoms with E-state index in [4.69, 9.17) is 18.5 Å². The fraction of sp³-hybridized carbons (Fsp3) is 0.824. The van der Waals surface area contributed by atoms with E-state index in [1.54, 1.807) is 13.8 Å². The normalized spacial score (nSPS) is 35.4. The van der Waals surface area contributed by atoms with Crippen LogP contribution in [0.3, 0.4) is 0 Å². The third-order valence-corrected chi connectivity index (χ3v) is 8.12. The van der Waals surface area contributed by atoms with Gasteiger partial charge in [-0.1, -0.05) is 13.0 Å². The van der Waals surface area contributed by atoms with Crippen LogP contribution in [-0.4, -0.2) is 43.7 Å². The fourth-order valence-corrected chi connectivity index (χ4v) is 6.95. The summed E-state index contributed by atoms with van der Waals surface area (Å²) < 4.78 is 36.5. The van der Waals surface area contributed by atoms with E-state index in [1.165, 1.54) is 6.08 Å². The van der Waals surface area contributed by atoms with E-state index in [2.05, 4.69) is 0 Å². The Morgan fingerprint density at radius 3 is 2.46 bits per heavy atom. The lowest BCUT2D eigenvalue weighted by Gasteiger charge is -2.54. The predicted molar refractivity (Wildman–Crippen MR) is 88.9 cm³/mol. The minimum absolute atomic E-state index is 0.183. The van der Waals surface area contributed by atoms with Crippen molar-refractivity contribution in [2.75, 3.05) is 26.4 Å². The highest BCUT2D eigenvalue weighted by Crippen LogP contribution is 2.65. The summed E-state index contributed by atoms with van der Waals surface area (Å²) in [6.45, 7) is 7.14. The lowest BCUT2D eigenvalue weighted by Crippen LogP contribution is -2.59. The van der Waals surface area contributed by atoms with Crippen molar-refractivity contribution in [2.45, 2.75) is 51.5 Å². The summed E-state index contributed by atoms with van der Waals surface area (Å²) in [6, 6.07) is 0. The molecule has 2 aliphatic carbocycles. The summed E-state index contributed by atoms with van der Waals surface area (Å²) in [7, 11) is -3.55. The van der Waals surface area contributed by atoms with Crippen molar-refractivity contribution in [2.24, 2.45) is 11.3 Å². The van der Waals surface area contributed by atoms with E-state index < -0.39 is 24.5 Å². The van der Waals surface area contributed by atoms with Crippen LogP contribution in [0, 0.1) is 11.3 Å². The van der Waals surface area contributed by atoms with Gasteiger partial charge in [0, 0.05) is 11.8 Å². The molecule has 0 bridgehead atoms. The Labute approximate surface area is 143 Å². The molecule has 0 amide bonds. The van der Waals surface area contributed by atoms with Crippen molar-refractivity contribution in [1.29, 1.82) is 0 Å². The average molecular weight is 358 g/mol. The molecule has 136 valence electrons. The van der Waals surface area contributed by atoms with Crippen LogP contribution in [0.2, 0.25) is 0 Å². The van der Waals surface area contributed by atoms with E-state index in [9.17, 15) is 9.36 Å². The second-order valence-electron chi connectivity index (χ2n) is 6.79. The minimum atomic E-state index is -3.55. The van der Waals surface area contributed by atoms with Gasteiger partial charge in [-0.15, -0.1) is 0 Å². The number of ether oxygens (including phenoxy) is 2. The van der Waals surface area contributed by atoms with Crippen LogP contribution in [0.15, 0.2) is 12.2 Å². The number of hydrogen-bond acceptors (Lipinski definition) is 6. The number of ketones is 1. The van der Waals surface area contributed by atoms with Gasteiger partial charge in [0.05, 0.1) is 26.4 Å². The zero-order valence-electron chi connectivity index (χ0n) is 14.7. The van der Waals surface area contributed by atoms with Gasteiger partial charge in [0.15, 0.2) is 11.6 Å². The van der Waals surface area contributed by atoms with Crippen LogP contribution >= 0.6 is 7.60 Å². The average Bonchev–Trinajstić information content (AvgIpc) is 3.00. The lowest BCUT2D eigenvalue weighted by molar-refractivity contribution is -0.251. The Morgan fingerprint density at radius 1 is 1.25 bits per heavy atom. The highest BCUT2D eigenvalue weighted by atomic mass is 31.2. The van der Waals surface area contributed by atoms with Crippen LogP contribution in [0.1, 0.15) is 40.0 Å². The van der Waals surface area contributed by atoms with Gasteiger partial charge in [0.1, 0.15) is 5.66 Å². The number of fused-ring (bicyclic) bond motifs is 2. The third kappa shape index (κ3) is 2.63. The number of rotatable bonds is 5. The summed E-state index contributed by atoms with van der Waals surface area (Å²) in [5, 5.41) is 0. The van der Waals surface area contributed by atoms with Crippen LogP contribution in [-0.2, 0) is 27.9 Å². The Morgan fingerprint density at radius 2 is 1.88 bits per heavy atom. The van der Waals surface area contributed by atoms with Gasteiger partial charge in [-0.25, -0.2) is 0 Å². The summed E-state index contributed by atoms with van der Waals surface area (Å²) in [5.41, 5.74) is -1.32. The van der Waals surface area contributed by atoms with Gasteiger partial charge in [0.2, 0.25) is 0 Å². The number of allylic oxidation sites excluding steroid dienone is 1. The Balaban J connectivity index is 2.04. The molecule has 1 aliphatic heterocycles. The molecule has 2 fully saturated rings. The monoisotopic (exact) mass is 358 g/mol. The highest BCUT2D eigenvalue weighted by Gasteiger charge is 2.64. The SMILES string of the molecule is CCOP(=O)(OCC)C1C(=O)C=C[C@@]2(C)[C@@H]1CCCC21OCCO1. The zero-order valence-corrected chi connectivity index (χ0v) is 15.6. The minimum Gasteiger partial charge on any atom is -0.347 e. The van der Waals surface area contributed by atoms with E-state index in [0.717, 1.165) is 19.3 Å². The lowest BCUT2D eigenvalue weighted by atomic mass is 9.59. The Kier molecular flexibility index (Phi) is 5.07. The molecule has 1 heterocycles. The molecule has 24 heavy (non-hydrogen) atoms. The smallest absolute Gasteiger partial charge is 0.341 e. The largest absolute Gasteiger partial charge is 0.347 e. The van der Waals surface area contributed by atoms with Crippen LogP contribution in [0.4, 0.5) is 0 Å². The maximum atomic E-state index is 13.4.